The molecular formula is C31H42ClN5O3. The number of likely N-dealkylation sites (N-methyl/N-ethyl adjacent to an activating group) is 1. The number of aromatic nitrogens is 3. The predicted molar refractivity (Wildman–Crippen MR) is 158 cm³/mol. The summed E-state index contributed by atoms with van der Waals surface area (Å²) in [5.41, 5.74) is 5.36. The number of benzene rings is 1. The number of halogens is 1. The topological polar surface area (TPSA) is 87.8 Å². The Kier molecular flexibility index (Phi) is 8.80. The Morgan fingerprint density at radius 1 is 1.18 bits per heavy atom. The summed E-state index contributed by atoms with van der Waals surface area (Å²) in [6.45, 7) is 10.2. The van der Waals surface area contributed by atoms with Crippen molar-refractivity contribution in [3.05, 3.63) is 45.9 Å². The molecule has 9 heteroatoms. The fourth-order valence-corrected chi connectivity index (χ4v) is 6.28. The van der Waals surface area contributed by atoms with E-state index in [1.54, 1.807) is 6.07 Å². The molecule has 0 spiro atoms. The second-order valence-corrected chi connectivity index (χ2v) is 12.4. The zero-order valence-corrected chi connectivity index (χ0v) is 25.3. The Balaban J connectivity index is 1.48. The van der Waals surface area contributed by atoms with Crippen molar-refractivity contribution in [2.24, 2.45) is 5.92 Å². The van der Waals surface area contributed by atoms with Crippen molar-refractivity contribution in [3.8, 4) is 28.4 Å². The molecule has 40 heavy (non-hydrogen) atoms. The van der Waals surface area contributed by atoms with Crippen LogP contribution in [0, 0.1) is 26.7 Å². The van der Waals surface area contributed by atoms with Crippen LogP contribution in [0.1, 0.15) is 55.3 Å². The van der Waals surface area contributed by atoms with E-state index in [0.29, 0.717) is 40.7 Å². The van der Waals surface area contributed by atoms with Crippen LogP contribution in [0.4, 0.5) is 0 Å². The highest BCUT2D eigenvalue weighted by Gasteiger charge is 2.36. The molecule has 3 aromatic rings. The van der Waals surface area contributed by atoms with E-state index in [2.05, 4.69) is 23.9 Å². The fourth-order valence-electron chi connectivity index (χ4n) is 6.07. The number of likely N-dealkylation sites (tertiary alicyclic amines) is 1. The van der Waals surface area contributed by atoms with E-state index >= 15 is 0 Å². The van der Waals surface area contributed by atoms with Crippen LogP contribution >= 0.6 is 11.6 Å². The van der Waals surface area contributed by atoms with Crippen LogP contribution in [0.25, 0.3) is 22.6 Å². The smallest absolute Gasteiger partial charge is 0.161 e. The molecule has 0 amide bonds. The number of aryl methyl sites for hydroxylation is 2. The summed E-state index contributed by atoms with van der Waals surface area (Å²) in [6, 6.07) is 6.88. The minimum absolute atomic E-state index is 0.182. The second kappa shape index (κ2) is 12.1. The van der Waals surface area contributed by atoms with Gasteiger partial charge in [-0.3, -0.25) is 4.90 Å². The number of hydrogen-bond donors (Lipinski definition) is 1. The van der Waals surface area contributed by atoms with E-state index < -0.39 is 6.10 Å². The van der Waals surface area contributed by atoms with Crippen LogP contribution in [0.5, 0.6) is 5.75 Å². The van der Waals surface area contributed by atoms with Gasteiger partial charge in [-0.15, -0.1) is 0 Å². The second-order valence-electron chi connectivity index (χ2n) is 11.9. The third-order valence-electron chi connectivity index (χ3n) is 8.25. The fraction of sp³-hybridized carbons (Fsp3) is 0.581. The number of piperidine rings is 1. The van der Waals surface area contributed by atoms with E-state index in [4.69, 9.17) is 30.8 Å². The molecule has 1 aliphatic carbocycles. The molecule has 1 saturated carbocycles. The van der Waals surface area contributed by atoms with E-state index in [1.807, 2.05) is 45.0 Å². The number of ether oxygens (including phenoxy) is 1. The summed E-state index contributed by atoms with van der Waals surface area (Å²) < 4.78 is 11.5. The van der Waals surface area contributed by atoms with Crippen molar-refractivity contribution in [2.45, 2.75) is 78.0 Å². The van der Waals surface area contributed by atoms with Crippen LogP contribution in [-0.4, -0.2) is 82.0 Å². The maximum absolute atomic E-state index is 10.3. The highest BCUT2D eigenvalue weighted by Crippen LogP contribution is 2.38. The summed E-state index contributed by atoms with van der Waals surface area (Å²) in [6.07, 6.45) is 5.35. The first-order chi connectivity index (χ1) is 19.1. The van der Waals surface area contributed by atoms with E-state index in [-0.39, 0.29) is 6.61 Å². The highest BCUT2D eigenvalue weighted by molar-refractivity contribution is 6.33. The lowest BCUT2D eigenvalue weighted by atomic mass is 9.86. The molecule has 1 N–H and O–H groups in total. The lowest BCUT2D eigenvalue weighted by molar-refractivity contribution is 0.0831. The van der Waals surface area contributed by atoms with Crippen molar-refractivity contribution in [3.63, 3.8) is 0 Å². The molecule has 1 saturated heterocycles. The lowest BCUT2D eigenvalue weighted by Gasteiger charge is -2.38. The van der Waals surface area contributed by atoms with E-state index in [0.717, 1.165) is 53.0 Å². The molecule has 2 fully saturated rings. The molecule has 3 atom stereocenters. The van der Waals surface area contributed by atoms with Gasteiger partial charge in [0.25, 0.3) is 0 Å². The summed E-state index contributed by atoms with van der Waals surface area (Å²) in [5, 5.41) is 15.0. The summed E-state index contributed by atoms with van der Waals surface area (Å²) in [7, 11) is 3.84. The van der Waals surface area contributed by atoms with Gasteiger partial charge in [-0.2, -0.15) is 0 Å². The van der Waals surface area contributed by atoms with E-state index in [1.165, 1.54) is 25.7 Å². The van der Waals surface area contributed by atoms with Gasteiger partial charge in [0.1, 0.15) is 24.2 Å². The standard InChI is InChI=1S/C31H42ClN5O3/c1-18-13-22(11-12-37(18)23-7-8-23)14-28-19(2)30(29-20(3)35-40-21(29)4)34-31(33-28)26-15-25(9-10-27(26)32)39-17-24(38)16-36(5)6/h9-10,15,18,22-24,38H,7-8,11-14,16-17H2,1-6H3/t18-,22-,24+/m0/s1. The molecule has 1 aromatic carbocycles. The molecule has 5 rings (SSSR count). The van der Waals surface area contributed by atoms with Crippen LogP contribution in [-0.2, 0) is 6.42 Å². The van der Waals surface area contributed by atoms with Gasteiger partial charge in [0, 0.05) is 29.9 Å². The highest BCUT2D eigenvalue weighted by atomic mass is 35.5. The van der Waals surface area contributed by atoms with Gasteiger partial charge in [0.2, 0.25) is 0 Å². The largest absolute Gasteiger partial charge is 0.491 e. The van der Waals surface area contributed by atoms with Crippen molar-refractivity contribution in [1.82, 2.24) is 24.9 Å². The molecular weight excluding hydrogens is 526 g/mol. The summed E-state index contributed by atoms with van der Waals surface area (Å²) in [5.74, 6) is 2.47. The van der Waals surface area contributed by atoms with Crippen molar-refractivity contribution >= 4 is 11.6 Å². The SMILES string of the molecule is Cc1noc(C)c1-c1nc(-c2cc(OC[C@H](O)CN(C)C)ccc2Cl)nc(C[C@H]2CCN(C3CC3)[C@@H](C)C2)c1C. The Bertz CT molecular complexity index is 1320. The molecule has 2 aromatic heterocycles. The number of aliphatic hydroxyl groups is 1. The van der Waals surface area contributed by atoms with Crippen molar-refractivity contribution in [2.75, 3.05) is 33.8 Å². The van der Waals surface area contributed by atoms with Gasteiger partial charge < -0.3 is 19.3 Å². The Labute approximate surface area is 242 Å². The van der Waals surface area contributed by atoms with Crippen LogP contribution in [0.15, 0.2) is 22.7 Å². The van der Waals surface area contributed by atoms with Gasteiger partial charge in [0.15, 0.2) is 5.82 Å². The number of aliphatic hydroxyl groups excluding tert-OH is 1. The number of nitrogens with zero attached hydrogens (tertiary/aromatic N) is 5. The van der Waals surface area contributed by atoms with Gasteiger partial charge in [-0.25, -0.2) is 9.97 Å². The summed E-state index contributed by atoms with van der Waals surface area (Å²) in [4.78, 5) is 14.8. The van der Waals surface area contributed by atoms with Gasteiger partial charge in [-0.05, 0) is 110 Å². The van der Waals surface area contributed by atoms with Crippen molar-refractivity contribution < 1.29 is 14.4 Å². The average molecular weight is 568 g/mol. The maximum atomic E-state index is 10.3. The first-order valence-electron chi connectivity index (χ1n) is 14.4. The van der Waals surface area contributed by atoms with Crippen LogP contribution in [0.3, 0.4) is 0 Å². The number of hydrogen-bond acceptors (Lipinski definition) is 8. The molecule has 8 nitrogen and oxygen atoms in total. The number of rotatable bonds is 10. The molecule has 3 heterocycles. The molecule has 216 valence electrons. The Hall–Kier alpha value is -2.52. The molecule has 0 radical (unpaired) electrons. The Morgan fingerprint density at radius 2 is 1.95 bits per heavy atom. The van der Waals surface area contributed by atoms with Gasteiger partial charge >= 0.3 is 0 Å². The van der Waals surface area contributed by atoms with E-state index in [9.17, 15) is 5.11 Å². The maximum Gasteiger partial charge on any atom is 0.161 e. The predicted octanol–water partition coefficient (Wildman–Crippen LogP) is 5.48. The molecule has 0 bridgehead atoms. The van der Waals surface area contributed by atoms with Gasteiger partial charge in [-0.1, -0.05) is 16.8 Å². The lowest BCUT2D eigenvalue weighted by Crippen LogP contribution is -2.42. The third-order valence-corrected chi connectivity index (χ3v) is 8.58. The quantitative estimate of drug-likeness (QED) is 0.344. The van der Waals surface area contributed by atoms with Crippen LogP contribution in [0.2, 0.25) is 5.02 Å². The zero-order valence-electron chi connectivity index (χ0n) is 24.6. The zero-order chi connectivity index (χ0) is 28.6. The summed E-state index contributed by atoms with van der Waals surface area (Å²) >= 11 is 6.73. The average Bonchev–Trinajstić information content (AvgIpc) is 3.68. The van der Waals surface area contributed by atoms with Gasteiger partial charge in [0.05, 0.1) is 22.0 Å². The minimum atomic E-state index is -0.601. The minimum Gasteiger partial charge on any atom is -0.491 e. The monoisotopic (exact) mass is 567 g/mol. The first kappa shape index (κ1) is 29.0. The normalized spacial score (nSPS) is 20.7. The molecule has 0 unspecified atom stereocenters. The molecule has 1 aliphatic heterocycles. The molecule has 2 aliphatic rings. The first-order valence-corrected chi connectivity index (χ1v) is 14.8. The van der Waals surface area contributed by atoms with Crippen LogP contribution < -0.4 is 4.74 Å². The van der Waals surface area contributed by atoms with Crippen molar-refractivity contribution in [1.29, 1.82) is 0 Å². The Morgan fingerprint density at radius 3 is 2.60 bits per heavy atom. The third kappa shape index (κ3) is 6.51.